The molecule has 1 aromatic carbocycles. The van der Waals surface area contributed by atoms with Crippen LogP contribution in [0.15, 0.2) is 18.2 Å². The number of hydrogen-bond donors (Lipinski definition) is 1. The summed E-state index contributed by atoms with van der Waals surface area (Å²) in [7, 11) is 3.92. The molecule has 102 valence electrons. The van der Waals surface area contributed by atoms with Gasteiger partial charge in [0.1, 0.15) is 6.61 Å². The quantitative estimate of drug-likeness (QED) is 0.808. The lowest BCUT2D eigenvalue weighted by Gasteiger charge is -2.13. The first-order chi connectivity index (χ1) is 8.49. The lowest BCUT2D eigenvalue weighted by atomic mass is 10.2. The molecule has 0 saturated heterocycles. The predicted molar refractivity (Wildman–Crippen MR) is 72.4 cm³/mol. The highest BCUT2D eigenvalue weighted by Gasteiger charge is 2.05. The highest BCUT2D eigenvalue weighted by molar-refractivity contribution is 5.29. The molecular weight excluding hydrogens is 231 g/mol. The van der Waals surface area contributed by atoms with Crippen LogP contribution in [0.25, 0.3) is 0 Å². The van der Waals surface area contributed by atoms with Crippen LogP contribution in [0.3, 0.4) is 0 Å². The van der Waals surface area contributed by atoms with Crippen molar-refractivity contribution < 1.29 is 9.13 Å². The van der Waals surface area contributed by atoms with E-state index in [0.717, 1.165) is 12.1 Å². The second-order valence-electron chi connectivity index (χ2n) is 4.95. The van der Waals surface area contributed by atoms with E-state index in [1.165, 1.54) is 6.07 Å². The molecule has 1 rings (SSSR count). The van der Waals surface area contributed by atoms with Gasteiger partial charge in [0.05, 0.1) is 0 Å². The van der Waals surface area contributed by atoms with E-state index in [9.17, 15) is 4.39 Å². The minimum atomic E-state index is -0.295. The molecular formula is C14H23FN2O. The van der Waals surface area contributed by atoms with E-state index in [2.05, 4.69) is 19.2 Å². The van der Waals surface area contributed by atoms with Crippen LogP contribution in [-0.4, -0.2) is 38.2 Å². The van der Waals surface area contributed by atoms with Gasteiger partial charge in [0.2, 0.25) is 0 Å². The first-order valence-electron chi connectivity index (χ1n) is 6.28. The zero-order valence-corrected chi connectivity index (χ0v) is 11.7. The topological polar surface area (TPSA) is 24.5 Å². The van der Waals surface area contributed by atoms with Gasteiger partial charge in [-0.3, -0.25) is 0 Å². The van der Waals surface area contributed by atoms with Crippen LogP contribution in [0.4, 0.5) is 4.39 Å². The summed E-state index contributed by atoms with van der Waals surface area (Å²) in [6.07, 6.45) is 0. The van der Waals surface area contributed by atoms with Crippen molar-refractivity contribution in [3.8, 4) is 5.75 Å². The van der Waals surface area contributed by atoms with E-state index < -0.39 is 0 Å². The fraction of sp³-hybridized carbons (Fsp3) is 0.571. The van der Waals surface area contributed by atoms with E-state index >= 15 is 0 Å². The third-order valence-corrected chi connectivity index (χ3v) is 2.51. The van der Waals surface area contributed by atoms with Gasteiger partial charge < -0.3 is 15.0 Å². The molecule has 0 fully saturated rings. The van der Waals surface area contributed by atoms with Crippen molar-refractivity contribution in [1.29, 1.82) is 0 Å². The monoisotopic (exact) mass is 254 g/mol. The minimum absolute atomic E-state index is 0.295. The zero-order chi connectivity index (χ0) is 13.5. The molecule has 0 atom stereocenters. The SMILES string of the molecule is CC(C)NCc1ccc(OCCN(C)C)c(F)c1. The van der Waals surface area contributed by atoms with Crippen LogP contribution >= 0.6 is 0 Å². The molecule has 0 unspecified atom stereocenters. The summed E-state index contributed by atoms with van der Waals surface area (Å²) in [5, 5.41) is 3.25. The van der Waals surface area contributed by atoms with Gasteiger partial charge >= 0.3 is 0 Å². The molecule has 0 aliphatic heterocycles. The fourth-order valence-electron chi connectivity index (χ4n) is 1.43. The summed E-state index contributed by atoms with van der Waals surface area (Å²) in [5.41, 5.74) is 0.932. The third kappa shape index (κ3) is 5.47. The number of ether oxygens (including phenoxy) is 1. The number of likely N-dealkylation sites (N-methyl/N-ethyl adjacent to an activating group) is 1. The average molecular weight is 254 g/mol. The molecule has 0 aliphatic carbocycles. The molecule has 4 heteroatoms. The Kier molecular flexibility index (Phi) is 6.09. The molecule has 0 radical (unpaired) electrons. The Morgan fingerprint density at radius 1 is 1.33 bits per heavy atom. The number of hydrogen-bond acceptors (Lipinski definition) is 3. The number of benzene rings is 1. The Labute approximate surface area is 109 Å². The summed E-state index contributed by atoms with van der Waals surface area (Å²) >= 11 is 0. The fourth-order valence-corrected chi connectivity index (χ4v) is 1.43. The van der Waals surface area contributed by atoms with Gasteiger partial charge in [0, 0.05) is 19.1 Å². The van der Waals surface area contributed by atoms with Gasteiger partial charge in [-0.2, -0.15) is 0 Å². The normalized spacial score (nSPS) is 11.3. The number of nitrogens with zero attached hydrogens (tertiary/aromatic N) is 1. The maximum atomic E-state index is 13.7. The van der Waals surface area contributed by atoms with Crippen LogP contribution in [0.1, 0.15) is 19.4 Å². The maximum absolute atomic E-state index is 13.7. The molecule has 3 nitrogen and oxygen atoms in total. The van der Waals surface area contributed by atoms with E-state index in [4.69, 9.17) is 4.74 Å². The molecule has 0 amide bonds. The van der Waals surface area contributed by atoms with E-state index in [1.54, 1.807) is 6.07 Å². The highest BCUT2D eigenvalue weighted by atomic mass is 19.1. The third-order valence-electron chi connectivity index (χ3n) is 2.51. The predicted octanol–water partition coefficient (Wildman–Crippen LogP) is 2.26. The Bertz CT molecular complexity index is 367. The second-order valence-corrected chi connectivity index (χ2v) is 4.95. The molecule has 1 aromatic rings. The van der Waals surface area contributed by atoms with E-state index in [-0.39, 0.29) is 5.82 Å². The smallest absolute Gasteiger partial charge is 0.165 e. The summed E-state index contributed by atoms with van der Waals surface area (Å²) in [6.45, 7) is 6.07. The molecule has 18 heavy (non-hydrogen) atoms. The van der Waals surface area contributed by atoms with Crippen molar-refractivity contribution in [2.75, 3.05) is 27.2 Å². The van der Waals surface area contributed by atoms with E-state index in [0.29, 0.717) is 24.9 Å². The van der Waals surface area contributed by atoms with Crippen molar-refractivity contribution in [2.45, 2.75) is 26.4 Å². The highest BCUT2D eigenvalue weighted by Crippen LogP contribution is 2.18. The molecule has 0 aliphatic rings. The average Bonchev–Trinajstić information content (AvgIpc) is 2.28. The van der Waals surface area contributed by atoms with Gasteiger partial charge in [-0.25, -0.2) is 4.39 Å². The summed E-state index contributed by atoms with van der Waals surface area (Å²) in [4.78, 5) is 2.00. The van der Waals surface area contributed by atoms with Crippen molar-refractivity contribution >= 4 is 0 Å². The van der Waals surface area contributed by atoms with Gasteiger partial charge in [0.15, 0.2) is 11.6 Å². The van der Waals surface area contributed by atoms with Crippen molar-refractivity contribution in [3.63, 3.8) is 0 Å². The number of rotatable bonds is 7. The van der Waals surface area contributed by atoms with Crippen LogP contribution in [-0.2, 0) is 6.54 Å². The standard InChI is InChI=1S/C14H23FN2O/c1-11(2)16-10-12-5-6-14(13(15)9-12)18-8-7-17(3)4/h5-6,9,11,16H,7-8,10H2,1-4H3. The van der Waals surface area contributed by atoms with Crippen molar-refractivity contribution in [3.05, 3.63) is 29.6 Å². The van der Waals surface area contributed by atoms with Gasteiger partial charge in [-0.1, -0.05) is 19.9 Å². The van der Waals surface area contributed by atoms with Gasteiger partial charge in [0.25, 0.3) is 0 Å². The van der Waals surface area contributed by atoms with Gasteiger partial charge in [-0.05, 0) is 31.8 Å². The summed E-state index contributed by atoms with van der Waals surface area (Å²) in [6, 6.07) is 5.51. The second kappa shape index (κ2) is 7.34. The zero-order valence-electron chi connectivity index (χ0n) is 11.7. The molecule has 0 heterocycles. The lowest BCUT2D eigenvalue weighted by Crippen LogP contribution is -2.22. The maximum Gasteiger partial charge on any atom is 0.165 e. The number of nitrogens with one attached hydrogen (secondary N) is 1. The largest absolute Gasteiger partial charge is 0.489 e. The van der Waals surface area contributed by atoms with Crippen molar-refractivity contribution in [2.24, 2.45) is 0 Å². The Morgan fingerprint density at radius 3 is 2.61 bits per heavy atom. The molecule has 0 bridgehead atoms. The van der Waals surface area contributed by atoms with Crippen LogP contribution in [0.2, 0.25) is 0 Å². The summed E-state index contributed by atoms with van der Waals surface area (Å²) < 4.78 is 19.1. The Hall–Kier alpha value is -1.13. The Balaban J connectivity index is 2.51. The Morgan fingerprint density at radius 2 is 2.06 bits per heavy atom. The molecule has 1 N–H and O–H groups in total. The van der Waals surface area contributed by atoms with Crippen LogP contribution in [0, 0.1) is 5.82 Å². The minimum Gasteiger partial charge on any atom is -0.489 e. The van der Waals surface area contributed by atoms with Crippen molar-refractivity contribution in [1.82, 2.24) is 10.2 Å². The molecule has 0 aromatic heterocycles. The van der Waals surface area contributed by atoms with Crippen LogP contribution < -0.4 is 10.1 Å². The van der Waals surface area contributed by atoms with Gasteiger partial charge in [-0.15, -0.1) is 0 Å². The summed E-state index contributed by atoms with van der Waals surface area (Å²) in [5.74, 6) is 0.0296. The first kappa shape index (κ1) is 14.9. The lowest BCUT2D eigenvalue weighted by molar-refractivity contribution is 0.252. The number of halogens is 1. The van der Waals surface area contributed by atoms with Crippen LogP contribution in [0.5, 0.6) is 5.75 Å². The molecule has 0 saturated carbocycles. The van der Waals surface area contributed by atoms with E-state index in [1.807, 2.05) is 25.1 Å². The first-order valence-corrected chi connectivity index (χ1v) is 6.28. The molecule has 0 spiro atoms.